The van der Waals surface area contributed by atoms with Crippen molar-refractivity contribution in [3.63, 3.8) is 0 Å². The highest BCUT2D eigenvalue weighted by atomic mass is 35.5. The Morgan fingerprint density at radius 2 is 1.80 bits per heavy atom. The number of H-pyrrole nitrogens is 1. The van der Waals surface area contributed by atoms with Gasteiger partial charge in [-0.15, -0.1) is 12.4 Å². The Labute approximate surface area is 96.2 Å². The number of rotatable bonds is 2. The Bertz CT molecular complexity index is 417. The first-order valence-corrected chi connectivity index (χ1v) is 4.80. The molecule has 0 radical (unpaired) electrons. The molecule has 0 aliphatic carbocycles. The Hall–Kier alpha value is -1.28. The maximum absolute atomic E-state index is 4.28. The molecular weight excluding hydrogens is 208 g/mol. The van der Waals surface area contributed by atoms with Crippen molar-refractivity contribution in [1.82, 2.24) is 9.97 Å². The third kappa shape index (κ3) is 2.83. The number of nitrogens with zero attached hydrogens (tertiary/aromatic N) is 1. The molecule has 0 aliphatic rings. The number of halogens is 1. The normalized spacial score (nSPS) is 9.73. The molecule has 0 spiro atoms. The highest BCUT2D eigenvalue weighted by Crippen LogP contribution is 2.10. The van der Waals surface area contributed by atoms with Gasteiger partial charge < -0.3 is 4.98 Å². The molecule has 0 atom stereocenters. The van der Waals surface area contributed by atoms with E-state index in [0.717, 1.165) is 17.8 Å². The van der Waals surface area contributed by atoms with Gasteiger partial charge in [0.2, 0.25) is 0 Å². The van der Waals surface area contributed by atoms with Crippen molar-refractivity contribution in [2.45, 2.75) is 20.3 Å². The Kier molecular flexibility index (Phi) is 3.92. The van der Waals surface area contributed by atoms with Crippen LogP contribution in [0.4, 0.5) is 0 Å². The topological polar surface area (TPSA) is 28.7 Å². The molecule has 0 fully saturated rings. The van der Waals surface area contributed by atoms with Gasteiger partial charge in [0.25, 0.3) is 0 Å². The van der Waals surface area contributed by atoms with Gasteiger partial charge in [-0.3, -0.25) is 0 Å². The summed E-state index contributed by atoms with van der Waals surface area (Å²) in [5.41, 5.74) is 4.90. The van der Waals surface area contributed by atoms with Crippen molar-refractivity contribution in [1.29, 1.82) is 0 Å². The highest BCUT2D eigenvalue weighted by molar-refractivity contribution is 5.85. The fourth-order valence-corrected chi connectivity index (χ4v) is 1.46. The van der Waals surface area contributed by atoms with Crippen LogP contribution >= 0.6 is 12.4 Å². The van der Waals surface area contributed by atoms with Crippen LogP contribution in [0.25, 0.3) is 0 Å². The lowest BCUT2D eigenvalue weighted by Gasteiger charge is -2.00. The molecule has 2 aromatic rings. The van der Waals surface area contributed by atoms with Crippen LogP contribution in [0, 0.1) is 13.8 Å². The van der Waals surface area contributed by atoms with Crippen LogP contribution < -0.4 is 0 Å². The first-order valence-electron chi connectivity index (χ1n) is 4.80. The summed E-state index contributed by atoms with van der Waals surface area (Å²) >= 11 is 0. The predicted octanol–water partition coefficient (Wildman–Crippen LogP) is 3.04. The van der Waals surface area contributed by atoms with Crippen LogP contribution in [0.1, 0.15) is 22.5 Å². The molecule has 1 heterocycles. The van der Waals surface area contributed by atoms with E-state index in [1.807, 2.05) is 0 Å². The molecule has 0 aliphatic heterocycles. The van der Waals surface area contributed by atoms with E-state index >= 15 is 0 Å². The molecule has 1 aromatic carbocycles. The van der Waals surface area contributed by atoms with Crippen molar-refractivity contribution >= 4 is 12.4 Å². The Morgan fingerprint density at radius 3 is 2.33 bits per heavy atom. The van der Waals surface area contributed by atoms with Crippen LogP contribution in [-0.2, 0) is 6.42 Å². The van der Waals surface area contributed by atoms with Gasteiger partial charge in [-0.25, -0.2) is 4.98 Å². The third-order valence-electron chi connectivity index (χ3n) is 2.43. The first kappa shape index (κ1) is 11.8. The largest absolute Gasteiger partial charge is 0.348 e. The van der Waals surface area contributed by atoms with Crippen LogP contribution in [0.15, 0.2) is 30.6 Å². The average molecular weight is 223 g/mol. The average Bonchev–Trinajstić information content (AvgIpc) is 2.56. The molecule has 2 nitrogen and oxygen atoms in total. The summed E-state index contributed by atoms with van der Waals surface area (Å²) in [7, 11) is 0. The number of aromatic amines is 1. The molecular formula is C12H15ClN2. The molecule has 0 amide bonds. The first-order chi connectivity index (χ1) is 6.75. The van der Waals surface area contributed by atoms with Crippen LogP contribution in [-0.4, -0.2) is 9.97 Å². The Balaban J connectivity index is 0.00000112. The summed E-state index contributed by atoms with van der Waals surface area (Å²) < 4.78 is 0. The lowest BCUT2D eigenvalue weighted by atomic mass is 10.1. The molecule has 1 aromatic heterocycles. The second-order valence-corrected chi connectivity index (χ2v) is 3.64. The van der Waals surface area contributed by atoms with Crippen molar-refractivity contribution in [2.75, 3.05) is 0 Å². The van der Waals surface area contributed by atoms with E-state index in [0.29, 0.717) is 0 Å². The Morgan fingerprint density at radius 1 is 1.13 bits per heavy atom. The minimum atomic E-state index is 0. The summed E-state index contributed by atoms with van der Waals surface area (Å²) in [5, 5.41) is 0. The smallest absolute Gasteiger partial charge is 0.0925 e. The van der Waals surface area contributed by atoms with Gasteiger partial charge in [0, 0.05) is 12.1 Å². The van der Waals surface area contributed by atoms with Crippen LogP contribution in [0.5, 0.6) is 0 Å². The van der Waals surface area contributed by atoms with E-state index in [1.165, 1.54) is 11.1 Å². The number of nitrogens with one attached hydrogen (secondary N) is 1. The standard InChI is InChI=1S/C12H14N2.ClH/c1-9-3-5-11(6-4-9)7-12-10(2)13-8-14-12;/h3-6,8H,7H2,1-2H3,(H,13,14);1H. The second kappa shape index (κ2) is 4.99. The fourth-order valence-electron chi connectivity index (χ4n) is 1.46. The summed E-state index contributed by atoms with van der Waals surface area (Å²) in [6.07, 6.45) is 2.66. The predicted molar refractivity (Wildman–Crippen MR) is 64.6 cm³/mol. The van der Waals surface area contributed by atoms with E-state index < -0.39 is 0 Å². The minimum Gasteiger partial charge on any atom is -0.348 e. The van der Waals surface area contributed by atoms with Gasteiger partial charge in [0.05, 0.1) is 12.0 Å². The van der Waals surface area contributed by atoms with Gasteiger partial charge >= 0.3 is 0 Å². The lowest BCUT2D eigenvalue weighted by Crippen LogP contribution is -1.90. The van der Waals surface area contributed by atoms with Crippen LogP contribution in [0.2, 0.25) is 0 Å². The fraction of sp³-hybridized carbons (Fsp3) is 0.250. The van der Waals surface area contributed by atoms with Gasteiger partial charge in [-0.2, -0.15) is 0 Å². The third-order valence-corrected chi connectivity index (χ3v) is 2.43. The molecule has 0 unspecified atom stereocenters. The van der Waals surface area contributed by atoms with E-state index in [-0.39, 0.29) is 12.4 Å². The van der Waals surface area contributed by atoms with Crippen molar-refractivity contribution < 1.29 is 0 Å². The SMILES string of the molecule is Cc1ccc(Cc2nc[nH]c2C)cc1.Cl. The minimum absolute atomic E-state index is 0. The van der Waals surface area contributed by atoms with E-state index in [4.69, 9.17) is 0 Å². The number of aryl methyl sites for hydroxylation is 2. The molecule has 80 valence electrons. The van der Waals surface area contributed by atoms with Crippen LogP contribution in [0.3, 0.4) is 0 Å². The summed E-state index contributed by atoms with van der Waals surface area (Å²) in [6.45, 7) is 4.15. The van der Waals surface area contributed by atoms with E-state index in [2.05, 4.69) is 48.1 Å². The van der Waals surface area contributed by atoms with Gasteiger partial charge in [-0.1, -0.05) is 29.8 Å². The quantitative estimate of drug-likeness (QED) is 0.832. The zero-order valence-corrected chi connectivity index (χ0v) is 9.77. The van der Waals surface area contributed by atoms with Gasteiger partial charge in [-0.05, 0) is 19.4 Å². The zero-order chi connectivity index (χ0) is 9.97. The van der Waals surface area contributed by atoms with Crippen molar-refractivity contribution in [3.8, 4) is 0 Å². The van der Waals surface area contributed by atoms with Crippen molar-refractivity contribution in [2.24, 2.45) is 0 Å². The van der Waals surface area contributed by atoms with Crippen molar-refractivity contribution in [3.05, 3.63) is 53.1 Å². The molecule has 0 bridgehead atoms. The van der Waals surface area contributed by atoms with Gasteiger partial charge in [0.1, 0.15) is 0 Å². The number of hydrogen-bond donors (Lipinski definition) is 1. The summed E-state index contributed by atoms with van der Waals surface area (Å²) in [4.78, 5) is 7.37. The number of aromatic nitrogens is 2. The van der Waals surface area contributed by atoms with E-state index in [9.17, 15) is 0 Å². The molecule has 0 saturated carbocycles. The molecule has 3 heteroatoms. The maximum atomic E-state index is 4.28. The molecule has 15 heavy (non-hydrogen) atoms. The lowest BCUT2D eigenvalue weighted by molar-refractivity contribution is 1.08. The highest BCUT2D eigenvalue weighted by Gasteiger charge is 2.01. The van der Waals surface area contributed by atoms with Gasteiger partial charge in [0.15, 0.2) is 0 Å². The molecule has 2 rings (SSSR count). The summed E-state index contributed by atoms with van der Waals surface area (Å²) in [6, 6.07) is 8.58. The molecule has 1 N–H and O–H groups in total. The number of benzene rings is 1. The number of hydrogen-bond acceptors (Lipinski definition) is 1. The number of imidazole rings is 1. The monoisotopic (exact) mass is 222 g/mol. The molecule has 0 saturated heterocycles. The summed E-state index contributed by atoms with van der Waals surface area (Å²) in [5.74, 6) is 0. The maximum Gasteiger partial charge on any atom is 0.0925 e. The zero-order valence-electron chi connectivity index (χ0n) is 8.95. The van der Waals surface area contributed by atoms with E-state index in [1.54, 1.807) is 6.33 Å². The second-order valence-electron chi connectivity index (χ2n) is 3.64.